The van der Waals surface area contributed by atoms with Crippen LogP contribution in [0.5, 0.6) is 5.75 Å². The molecule has 1 aromatic carbocycles. The summed E-state index contributed by atoms with van der Waals surface area (Å²) in [6.07, 6.45) is 0.688. The highest BCUT2D eigenvalue weighted by molar-refractivity contribution is 5.95. The molecule has 0 saturated carbocycles. The number of benzene rings is 1. The summed E-state index contributed by atoms with van der Waals surface area (Å²) in [7, 11) is 1.64. The second-order valence-corrected chi connectivity index (χ2v) is 5.26. The Balaban J connectivity index is 1.64. The molecule has 0 unspecified atom stereocenters. The minimum absolute atomic E-state index is 0.240. The molecule has 0 saturated heterocycles. The van der Waals surface area contributed by atoms with Gasteiger partial charge in [0.25, 0.3) is 5.91 Å². The molecule has 0 aliphatic rings. The van der Waals surface area contributed by atoms with Crippen LogP contribution in [0.4, 0.5) is 0 Å². The van der Waals surface area contributed by atoms with Crippen molar-refractivity contribution in [3.8, 4) is 5.75 Å². The Morgan fingerprint density at radius 1 is 1.26 bits per heavy atom. The summed E-state index contributed by atoms with van der Waals surface area (Å²) in [6.45, 7) is 2.40. The van der Waals surface area contributed by atoms with Crippen molar-refractivity contribution in [2.45, 2.75) is 13.3 Å². The first-order chi connectivity index (χ1) is 11.2. The Labute approximate surface area is 134 Å². The van der Waals surface area contributed by atoms with E-state index in [9.17, 15) is 4.79 Å². The van der Waals surface area contributed by atoms with E-state index < -0.39 is 0 Å². The largest absolute Gasteiger partial charge is 0.496 e. The number of ether oxygens (including phenoxy) is 1. The molecule has 3 rings (SSSR count). The number of fused-ring (bicyclic) bond motifs is 1. The van der Waals surface area contributed by atoms with Gasteiger partial charge in [-0.1, -0.05) is 18.2 Å². The van der Waals surface area contributed by atoms with Crippen molar-refractivity contribution in [1.29, 1.82) is 0 Å². The van der Waals surface area contributed by atoms with Gasteiger partial charge in [0.1, 0.15) is 11.3 Å². The lowest BCUT2D eigenvalue weighted by atomic mass is 10.1. The summed E-state index contributed by atoms with van der Waals surface area (Å²) in [5.41, 5.74) is 3.25. The summed E-state index contributed by atoms with van der Waals surface area (Å²) in [4.78, 5) is 16.5. The third-order valence-corrected chi connectivity index (χ3v) is 3.61. The maximum Gasteiger partial charge on any atom is 0.287 e. The zero-order chi connectivity index (χ0) is 16.2. The normalized spacial score (nSPS) is 10.7. The van der Waals surface area contributed by atoms with E-state index in [0.29, 0.717) is 24.1 Å². The Hall–Kier alpha value is -2.82. The SMILES string of the molecule is COc1ccccc1CCNC(=O)c1cc2nc(C)ccc2o1. The van der Waals surface area contributed by atoms with Gasteiger partial charge in [-0.15, -0.1) is 0 Å². The van der Waals surface area contributed by atoms with Crippen molar-refractivity contribution >= 4 is 17.0 Å². The number of carbonyl (C=O) groups is 1. The van der Waals surface area contributed by atoms with E-state index in [-0.39, 0.29) is 11.7 Å². The molecule has 118 valence electrons. The molecular formula is C18H18N2O3. The van der Waals surface area contributed by atoms with Gasteiger partial charge in [0.05, 0.1) is 7.11 Å². The molecular weight excluding hydrogens is 292 g/mol. The summed E-state index contributed by atoms with van der Waals surface area (Å²) in [5, 5.41) is 2.86. The summed E-state index contributed by atoms with van der Waals surface area (Å²) in [6, 6.07) is 13.1. The molecule has 5 heteroatoms. The number of hydrogen-bond acceptors (Lipinski definition) is 4. The Kier molecular flexibility index (Phi) is 4.28. The van der Waals surface area contributed by atoms with Crippen LogP contribution in [-0.2, 0) is 6.42 Å². The number of hydrogen-bond donors (Lipinski definition) is 1. The number of nitrogens with zero attached hydrogens (tertiary/aromatic N) is 1. The number of aromatic nitrogens is 1. The van der Waals surface area contributed by atoms with E-state index in [1.54, 1.807) is 13.2 Å². The highest BCUT2D eigenvalue weighted by Gasteiger charge is 2.13. The molecule has 0 atom stereocenters. The summed E-state index contributed by atoms with van der Waals surface area (Å²) >= 11 is 0. The van der Waals surface area contributed by atoms with Crippen molar-refractivity contribution in [2.24, 2.45) is 0 Å². The average molecular weight is 310 g/mol. The second kappa shape index (κ2) is 6.52. The number of carbonyl (C=O) groups excluding carboxylic acids is 1. The molecule has 0 aliphatic carbocycles. The Morgan fingerprint density at radius 3 is 2.91 bits per heavy atom. The fourth-order valence-electron chi connectivity index (χ4n) is 2.45. The van der Waals surface area contributed by atoms with Gasteiger partial charge in [-0.25, -0.2) is 4.98 Å². The van der Waals surface area contributed by atoms with E-state index in [0.717, 1.165) is 17.0 Å². The molecule has 1 N–H and O–H groups in total. The van der Waals surface area contributed by atoms with E-state index in [2.05, 4.69) is 10.3 Å². The van der Waals surface area contributed by atoms with Crippen LogP contribution in [0.25, 0.3) is 11.1 Å². The predicted octanol–water partition coefficient (Wildman–Crippen LogP) is 3.12. The van der Waals surface area contributed by atoms with Crippen LogP contribution in [0.3, 0.4) is 0 Å². The van der Waals surface area contributed by atoms with Gasteiger partial charge >= 0.3 is 0 Å². The fourth-order valence-corrected chi connectivity index (χ4v) is 2.45. The lowest BCUT2D eigenvalue weighted by molar-refractivity contribution is 0.0928. The van der Waals surface area contributed by atoms with Crippen molar-refractivity contribution in [3.63, 3.8) is 0 Å². The molecule has 0 fully saturated rings. The monoisotopic (exact) mass is 310 g/mol. The zero-order valence-electron chi connectivity index (χ0n) is 13.1. The highest BCUT2D eigenvalue weighted by Crippen LogP contribution is 2.19. The second-order valence-electron chi connectivity index (χ2n) is 5.26. The van der Waals surface area contributed by atoms with Crippen LogP contribution in [0, 0.1) is 6.92 Å². The van der Waals surface area contributed by atoms with Gasteiger partial charge in [-0.05, 0) is 37.1 Å². The first-order valence-corrected chi connectivity index (χ1v) is 7.44. The first-order valence-electron chi connectivity index (χ1n) is 7.44. The number of nitrogens with one attached hydrogen (secondary N) is 1. The zero-order valence-corrected chi connectivity index (χ0v) is 13.1. The molecule has 0 radical (unpaired) electrons. The Bertz CT molecular complexity index is 839. The van der Waals surface area contributed by atoms with Crippen molar-refractivity contribution in [1.82, 2.24) is 10.3 Å². The first kappa shape index (κ1) is 15.1. The molecule has 3 aromatic rings. The molecule has 1 amide bonds. The standard InChI is InChI=1S/C18H18N2O3/c1-12-7-8-16-14(20-12)11-17(23-16)18(21)19-10-9-13-5-3-4-6-15(13)22-2/h3-8,11H,9-10H2,1-2H3,(H,19,21). The molecule has 5 nitrogen and oxygen atoms in total. The number of furan rings is 1. The molecule has 2 aromatic heterocycles. The van der Waals surface area contributed by atoms with Gasteiger partial charge in [0.15, 0.2) is 11.3 Å². The average Bonchev–Trinajstić information content (AvgIpc) is 2.98. The van der Waals surface area contributed by atoms with E-state index in [4.69, 9.17) is 9.15 Å². The van der Waals surface area contributed by atoms with Crippen LogP contribution in [-0.4, -0.2) is 24.5 Å². The topological polar surface area (TPSA) is 64.4 Å². The van der Waals surface area contributed by atoms with E-state index in [1.165, 1.54) is 0 Å². The number of amides is 1. The maximum atomic E-state index is 12.2. The lowest BCUT2D eigenvalue weighted by Crippen LogP contribution is -2.25. The van der Waals surface area contributed by atoms with Gasteiger partial charge < -0.3 is 14.5 Å². The van der Waals surface area contributed by atoms with Gasteiger partial charge in [0, 0.05) is 18.3 Å². The van der Waals surface area contributed by atoms with Crippen molar-refractivity contribution < 1.29 is 13.9 Å². The fraction of sp³-hybridized carbons (Fsp3) is 0.222. The molecule has 0 aliphatic heterocycles. The highest BCUT2D eigenvalue weighted by atomic mass is 16.5. The number of aryl methyl sites for hydroxylation is 1. The number of pyridine rings is 1. The quantitative estimate of drug-likeness (QED) is 0.786. The minimum atomic E-state index is -0.240. The summed E-state index contributed by atoms with van der Waals surface area (Å²) < 4.78 is 10.8. The lowest BCUT2D eigenvalue weighted by Gasteiger charge is -2.08. The van der Waals surface area contributed by atoms with Crippen LogP contribution in [0.2, 0.25) is 0 Å². The number of methoxy groups -OCH3 is 1. The molecule has 23 heavy (non-hydrogen) atoms. The van der Waals surface area contributed by atoms with Crippen molar-refractivity contribution in [3.05, 3.63) is 59.5 Å². The number of para-hydroxylation sites is 1. The molecule has 0 bridgehead atoms. The van der Waals surface area contributed by atoms with Crippen LogP contribution >= 0.6 is 0 Å². The van der Waals surface area contributed by atoms with Crippen LogP contribution in [0.15, 0.2) is 46.9 Å². The predicted molar refractivity (Wildman–Crippen MR) is 87.8 cm³/mol. The van der Waals surface area contributed by atoms with Gasteiger partial charge in [0.2, 0.25) is 0 Å². The maximum absolute atomic E-state index is 12.2. The third kappa shape index (κ3) is 3.34. The Morgan fingerprint density at radius 2 is 2.09 bits per heavy atom. The van der Waals surface area contributed by atoms with Crippen LogP contribution < -0.4 is 10.1 Å². The summed E-state index contributed by atoms with van der Waals surface area (Å²) in [5.74, 6) is 0.860. The van der Waals surface area contributed by atoms with Gasteiger partial charge in [-0.3, -0.25) is 4.79 Å². The van der Waals surface area contributed by atoms with Crippen molar-refractivity contribution in [2.75, 3.05) is 13.7 Å². The van der Waals surface area contributed by atoms with Crippen LogP contribution in [0.1, 0.15) is 21.8 Å². The minimum Gasteiger partial charge on any atom is -0.496 e. The smallest absolute Gasteiger partial charge is 0.287 e. The number of rotatable bonds is 5. The van der Waals surface area contributed by atoms with E-state index >= 15 is 0 Å². The molecule has 2 heterocycles. The third-order valence-electron chi connectivity index (χ3n) is 3.61. The van der Waals surface area contributed by atoms with E-state index in [1.807, 2.05) is 43.3 Å². The van der Waals surface area contributed by atoms with Gasteiger partial charge in [-0.2, -0.15) is 0 Å². The molecule has 0 spiro atoms.